The van der Waals surface area contributed by atoms with Crippen molar-refractivity contribution in [1.82, 2.24) is 0 Å². The monoisotopic (exact) mass is 328 g/mol. The molecule has 0 fully saturated rings. The average Bonchev–Trinajstić information content (AvgIpc) is 2.55. The maximum absolute atomic E-state index is 13.2. The van der Waals surface area contributed by atoms with Crippen molar-refractivity contribution < 1.29 is 14.1 Å². The van der Waals surface area contributed by atoms with E-state index < -0.39 is 22.3 Å². The van der Waals surface area contributed by atoms with Crippen LogP contribution in [0.5, 0.6) is 0 Å². The number of benzene rings is 2. The molecule has 0 radical (unpaired) electrons. The number of carbonyl (C=O) groups is 1. The Labute approximate surface area is 139 Å². The second kappa shape index (κ2) is 7.50. The van der Waals surface area contributed by atoms with Crippen molar-refractivity contribution in [2.45, 2.75) is 19.8 Å². The fourth-order valence-corrected chi connectivity index (χ4v) is 2.08. The summed E-state index contributed by atoms with van der Waals surface area (Å²) in [4.78, 5) is 21.7. The third kappa shape index (κ3) is 4.49. The number of amides is 1. The molecule has 1 amide bonds. The quantitative estimate of drug-likeness (QED) is 0.498. The fourth-order valence-electron chi connectivity index (χ4n) is 2.08. The fraction of sp³-hybridized carbons (Fsp3) is 0.167. The first-order chi connectivity index (χ1) is 11.4. The van der Waals surface area contributed by atoms with E-state index in [0.717, 1.165) is 17.7 Å². The Morgan fingerprint density at radius 2 is 1.88 bits per heavy atom. The number of nitro benzene ring substituents is 1. The molecule has 2 aromatic rings. The van der Waals surface area contributed by atoms with Crippen molar-refractivity contribution in [3.05, 3.63) is 75.6 Å². The van der Waals surface area contributed by atoms with Gasteiger partial charge in [-0.1, -0.05) is 38.1 Å². The molecule has 124 valence electrons. The van der Waals surface area contributed by atoms with E-state index in [1.807, 2.05) is 24.3 Å². The molecular weight excluding hydrogens is 311 g/mol. The summed E-state index contributed by atoms with van der Waals surface area (Å²) in [6, 6.07) is 11.0. The number of halogens is 1. The molecule has 0 unspecified atom stereocenters. The number of nitrogens with zero attached hydrogens (tertiary/aromatic N) is 1. The second-order valence-corrected chi connectivity index (χ2v) is 5.57. The van der Waals surface area contributed by atoms with Gasteiger partial charge < -0.3 is 5.32 Å². The summed E-state index contributed by atoms with van der Waals surface area (Å²) in [5.41, 5.74) is 1.55. The molecule has 0 spiro atoms. The molecule has 0 atom stereocenters. The van der Waals surface area contributed by atoms with Gasteiger partial charge in [0, 0.05) is 17.8 Å². The Hall–Kier alpha value is -3.02. The molecule has 0 saturated carbocycles. The molecule has 0 heterocycles. The van der Waals surface area contributed by atoms with Crippen LogP contribution in [0.3, 0.4) is 0 Å². The van der Waals surface area contributed by atoms with E-state index in [9.17, 15) is 19.3 Å². The van der Waals surface area contributed by atoms with Gasteiger partial charge in [-0.05, 0) is 35.3 Å². The molecule has 24 heavy (non-hydrogen) atoms. The topological polar surface area (TPSA) is 72.2 Å². The normalized spacial score (nSPS) is 11.0. The zero-order valence-corrected chi connectivity index (χ0v) is 13.3. The van der Waals surface area contributed by atoms with Crippen LogP contribution in [-0.2, 0) is 4.79 Å². The van der Waals surface area contributed by atoms with Crippen molar-refractivity contribution in [3.8, 4) is 0 Å². The zero-order valence-electron chi connectivity index (χ0n) is 13.3. The van der Waals surface area contributed by atoms with Gasteiger partial charge in [0.25, 0.3) is 0 Å². The predicted octanol–water partition coefficient (Wildman–Crippen LogP) is 4.51. The van der Waals surface area contributed by atoms with Crippen LogP contribution in [0, 0.1) is 15.9 Å². The molecule has 0 aliphatic carbocycles. The van der Waals surface area contributed by atoms with Crippen molar-refractivity contribution in [1.29, 1.82) is 0 Å². The van der Waals surface area contributed by atoms with Crippen LogP contribution >= 0.6 is 0 Å². The van der Waals surface area contributed by atoms with Gasteiger partial charge in [-0.3, -0.25) is 14.9 Å². The summed E-state index contributed by atoms with van der Waals surface area (Å²) in [5, 5.41) is 13.2. The van der Waals surface area contributed by atoms with Crippen molar-refractivity contribution in [2.24, 2.45) is 0 Å². The van der Waals surface area contributed by atoms with E-state index in [0.29, 0.717) is 5.92 Å². The first kappa shape index (κ1) is 17.3. The Balaban J connectivity index is 2.05. The molecule has 0 bridgehead atoms. The maximum atomic E-state index is 13.2. The Morgan fingerprint density at radius 3 is 2.46 bits per heavy atom. The first-order valence-electron chi connectivity index (χ1n) is 7.40. The van der Waals surface area contributed by atoms with E-state index >= 15 is 0 Å². The predicted molar refractivity (Wildman–Crippen MR) is 91.2 cm³/mol. The van der Waals surface area contributed by atoms with Crippen LogP contribution in [0.4, 0.5) is 15.8 Å². The summed E-state index contributed by atoms with van der Waals surface area (Å²) >= 11 is 0. The highest BCUT2D eigenvalue weighted by molar-refractivity contribution is 6.02. The largest absolute Gasteiger partial charge is 0.322 e. The molecule has 0 aliphatic heterocycles. The standard InChI is InChI=1S/C18H17FN2O3/c1-12(2)14-6-3-13(4-7-14)5-10-18(22)20-15-8-9-16(19)17(11-15)21(23)24/h3-12H,1-2H3,(H,20,22)/b10-5+. The highest BCUT2D eigenvalue weighted by Gasteiger charge is 2.14. The van der Waals surface area contributed by atoms with Crippen LogP contribution in [0.15, 0.2) is 48.5 Å². The highest BCUT2D eigenvalue weighted by atomic mass is 19.1. The number of nitro groups is 1. The number of hydrogen-bond acceptors (Lipinski definition) is 3. The summed E-state index contributed by atoms with van der Waals surface area (Å²) in [6.07, 6.45) is 2.96. The summed E-state index contributed by atoms with van der Waals surface area (Å²) < 4.78 is 13.2. The molecule has 2 aromatic carbocycles. The van der Waals surface area contributed by atoms with Gasteiger partial charge in [0.05, 0.1) is 4.92 Å². The lowest BCUT2D eigenvalue weighted by molar-refractivity contribution is -0.387. The molecule has 0 aliphatic rings. The van der Waals surface area contributed by atoms with E-state index in [1.54, 1.807) is 6.08 Å². The molecule has 0 aromatic heterocycles. The van der Waals surface area contributed by atoms with Gasteiger partial charge in [-0.25, -0.2) is 0 Å². The van der Waals surface area contributed by atoms with Gasteiger partial charge in [0.1, 0.15) is 0 Å². The number of hydrogen-bond donors (Lipinski definition) is 1. The highest BCUT2D eigenvalue weighted by Crippen LogP contribution is 2.21. The molecule has 5 nitrogen and oxygen atoms in total. The maximum Gasteiger partial charge on any atom is 0.306 e. The molecule has 1 N–H and O–H groups in total. The molecule has 0 saturated heterocycles. The van der Waals surface area contributed by atoms with Gasteiger partial charge in [0.2, 0.25) is 11.7 Å². The Morgan fingerprint density at radius 1 is 1.21 bits per heavy atom. The van der Waals surface area contributed by atoms with E-state index in [4.69, 9.17) is 0 Å². The molecular formula is C18H17FN2O3. The van der Waals surface area contributed by atoms with Crippen LogP contribution < -0.4 is 5.32 Å². The zero-order chi connectivity index (χ0) is 17.7. The van der Waals surface area contributed by atoms with Crippen molar-refractivity contribution in [3.63, 3.8) is 0 Å². The lowest BCUT2D eigenvalue weighted by atomic mass is 10.0. The van der Waals surface area contributed by atoms with E-state index in [1.165, 1.54) is 17.7 Å². The Bertz CT molecular complexity index is 783. The smallest absolute Gasteiger partial charge is 0.306 e. The number of nitrogens with one attached hydrogen (secondary N) is 1. The number of carbonyl (C=O) groups excluding carboxylic acids is 1. The lowest BCUT2D eigenvalue weighted by Crippen LogP contribution is -2.08. The van der Waals surface area contributed by atoms with Crippen LogP contribution in [0.25, 0.3) is 6.08 Å². The summed E-state index contributed by atoms with van der Waals surface area (Å²) in [5.74, 6) is -0.969. The SMILES string of the molecule is CC(C)c1ccc(/C=C/C(=O)Nc2ccc(F)c([N+](=O)[O-])c2)cc1. The minimum atomic E-state index is -0.946. The first-order valence-corrected chi connectivity index (χ1v) is 7.40. The van der Waals surface area contributed by atoms with Gasteiger partial charge >= 0.3 is 5.69 Å². The van der Waals surface area contributed by atoms with Gasteiger partial charge in [-0.2, -0.15) is 4.39 Å². The molecule has 2 rings (SSSR count). The van der Waals surface area contributed by atoms with Gasteiger partial charge in [-0.15, -0.1) is 0 Å². The van der Waals surface area contributed by atoms with Crippen molar-refractivity contribution >= 4 is 23.4 Å². The third-order valence-electron chi connectivity index (χ3n) is 3.44. The second-order valence-electron chi connectivity index (χ2n) is 5.57. The van der Waals surface area contributed by atoms with E-state index in [-0.39, 0.29) is 5.69 Å². The van der Waals surface area contributed by atoms with Crippen LogP contribution in [0.1, 0.15) is 30.9 Å². The van der Waals surface area contributed by atoms with Gasteiger partial charge in [0.15, 0.2) is 0 Å². The average molecular weight is 328 g/mol. The summed E-state index contributed by atoms with van der Waals surface area (Å²) in [7, 11) is 0. The minimum absolute atomic E-state index is 0.160. The minimum Gasteiger partial charge on any atom is -0.322 e. The number of rotatable bonds is 5. The molecule has 6 heteroatoms. The summed E-state index contributed by atoms with van der Waals surface area (Å²) in [6.45, 7) is 4.19. The number of anilines is 1. The van der Waals surface area contributed by atoms with Crippen LogP contribution in [0.2, 0.25) is 0 Å². The van der Waals surface area contributed by atoms with E-state index in [2.05, 4.69) is 19.2 Å². The van der Waals surface area contributed by atoms with Crippen molar-refractivity contribution in [2.75, 3.05) is 5.32 Å². The van der Waals surface area contributed by atoms with Crippen LogP contribution in [-0.4, -0.2) is 10.8 Å². The Kier molecular flexibility index (Phi) is 5.42. The lowest BCUT2D eigenvalue weighted by Gasteiger charge is -2.05. The third-order valence-corrected chi connectivity index (χ3v) is 3.44.